The van der Waals surface area contributed by atoms with E-state index in [1.54, 1.807) is 6.20 Å². The number of aromatic nitrogens is 3. The van der Waals surface area contributed by atoms with E-state index in [1.165, 1.54) is 23.0 Å². The number of carboxylic acid groups (broad SMARTS) is 1. The van der Waals surface area contributed by atoms with Crippen LogP contribution in [0.4, 0.5) is 0 Å². The molecule has 2 aromatic heterocycles. The predicted molar refractivity (Wildman–Crippen MR) is 112 cm³/mol. The number of benzene rings is 2. The number of hydrogen-bond donors (Lipinski definition) is 2. The van der Waals surface area contributed by atoms with Crippen molar-refractivity contribution in [1.29, 1.82) is 0 Å². The van der Waals surface area contributed by atoms with Gasteiger partial charge < -0.3 is 9.84 Å². The highest BCUT2D eigenvalue weighted by Crippen LogP contribution is 2.25. The van der Waals surface area contributed by atoms with Crippen LogP contribution in [0.5, 0.6) is 5.75 Å². The van der Waals surface area contributed by atoms with E-state index >= 15 is 0 Å². The zero-order valence-corrected chi connectivity index (χ0v) is 16.2. The Balaban J connectivity index is 1.56. The lowest BCUT2D eigenvalue weighted by Crippen LogP contribution is -2.17. The second kappa shape index (κ2) is 8.08. The number of H-pyrrole nitrogens is 1. The van der Waals surface area contributed by atoms with Gasteiger partial charge in [-0.25, -0.2) is 14.5 Å². The Hall–Kier alpha value is -4.13. The molecule has 0 unspecified atom stereocenters. The van der Waals surface area contributed by atoms with Gasteiger partial charge in [-0.2, -0.15) is 0 Å². The zero-order chi connectivity index (χ0) is 21.1. The molecule has 4 aromatic rings. The maximum atomic E-state index is 12.8. The van der Waals surface area contributed by atoms with E-state index in [9.17, 15) is 9.59 Å². The van der Waals surface area contributed by atoms with Crippen molar-refractivity contribution in [3.8, 4) is 22.7 Å². The molecule has 0 aliphatic carbocycles. The Bertz CT molecular complexity index is 1240. The third kappa shape index (κ3) is 3.86. The van der Waals surface area contributed by atoms with Gasteiger partial charge in [0.05, 0.1) is 11.1 Å². The van der Waals surface area contributed by atoms with Crippen LogP contribution in [0.3, 0.4) is 0 Å². The number of hydrogen-bond acceptors (Lipinski definition) is 4. The average Bonchev–Trinajstić information content (AvgIpc) is 3.15. The summed E-state index contributed by atoms with van der Waals surface area (Å²) >= 11 is 0. The quantitative estimate of drug-likeness (QED) is 0.512. The summed E-state index contributed by atoms with van der Waals surface area (Å²) in [4.78, 5) is 27.9. The van der Waals surface area contributed by atoms with Gasteiger partial charge in [0.25, 0.3) is 5.56 Å². The summed E-state index contributed by atoms with van der Waals surface area (Å²) in [5.41, 5.74) is 3.01. The van der Waals surface area contributed by atoms with E-state index in [2.05, 4.69) is 10.1 Å². The molecule has 0 bridgehead atoms. The van der Waals surface area contributed by atoms with Gasteiger partial charge in [0.2, 0.25) is 0 Å². The summed E-state index contributed by atoms with van der Waals surface area (Å²) in [7, 11) is 0. The molecule has 2 aromatic carbocycles. The second-order valence-corrected chi connectivity index (χ2v) is 6.79. The number of nitrogens with one attached hydrogen (secondary N) is 1. The van der Waals surface area contributed by atoms with Crippen LogP contribution in [-0.2, 0) is 6.61 Å². The van der Waals surface area contributed by atoms with Crippen LogP contribution >= 0.6 is 0 Å². The first kappa shape index (κ1) is 19.2. The summed E-state index contributed by atoms with van der Waals surface area (Å²) in [5.74, 6) is -0.00111. The SMILES string of the molecule is Cc1cc(-c2c[nH]n(-c3ccc(C(=O)O)cn3)c2=O)ccc1OCc1ccccc1. The van der Waals surface area contributed by atoms with Gasteiger partial charge in [-0.1, -0.05) is 36.4 Å². The Kier molecular flexibility index (Phi) is 5.17. The van der Waals surface area contributed by atoms with Crippen molar-refractivity contribution >= 4 is 5.97 Å². The van der Waals surface area contributed by atoms with E-state index in [1.807, 2.05) is 55.5 Å². The molecule has 0 saturated carbocycles. The number of carbonyl (C=O) groups is 1. The Morgan fingerprint density at radius 2 is 1.93 bits per heavy atom. The van der Waals surface area contributed by atoms with Crippen molar-refractivity contribution in [2.24, 2.45) is 0 Å². The van der Waals surface area contributed by atoms with Gasteiger partial charge in [-0.05, 0) is 47.9 Å². The maximum absolute atomic E-state index is 12.8. The lowest BCUT2D eigenvalue weighted by molar-refractivity contribution is 0.0696. The minimum Gasteiger partial charge on any atom is -0.489 e. The molecule has 4 rings (SSSR count). The van der Waals surface area contributed by atoms with Crippen molar-refractivity contribution in [1.82, 2.24) is 14.8 Å². The number of rotatable bonds is 6. The van der Waals surface area contributed by atoms with Crippen molar-refractivity contribution < 1.29 is 14.6 Å². The number of aromatic carboxylic acids is 1. The smallest absolute Gasteiger partial charge is 0.337 e. The normalized spacial score (nSPS) is 10.7. The highest BCUT2D eigenvalue weighted by Gasteiger charge is 2.13. The molecule has 0 fully saturated rings. The molecule has 30 heavy (non-hydrogen) atoms. The maximum Gasteiger partial charge on any atom is 0.337 e. The lowest BCUT2D eigenvalue weighted by atomic mass is 10.1. The van der Waals surface area contributed by atoms with E-state index in [4.69, 9.17) is 9.84 Å². The molecule has 2 N–H and O–H groups in total. The third-order valence-electron chi connectivity index (χ3n) is 4.72. The fraction of sp³-hybridized carbons (Fsp3) is 0.0870. The molecule has 0 atom stereocenters. The number of pyridine rings is 1. The minimum atomic E-state index is -1.07. The first-order valence-corrected chi connectivity index (χ1v) is 9.31. The van der Waals surface area contributed by atoms with E-state index in [0.717, 1.165) is 22.4 Å². The highest BCUT2D eigenvalue weighted by molar-refractivity contribution is 5.87. The number of aromatic amines is 1. The average molecular weight is 401 g/mol. The second-order valence-electron chi connectivity index (χ2n) is 6.79. The Morgan fingerprint density at radius 1 is 1.13 bits per heavy atom. The van der Waals surface area contributed by atoms with Gasteiger partial charge in [0, 0.05) is 12.4 Å². The van der Waals surface area contributed by atoms with Gasteiger partial charge in [-0.3, -0.25) is 9.89 Å². The molecule has 0 saturated heterocycles. The molecule has 7 nitrogen and oxygen atoms in total. The van der Waals surface area contributed by atoms with Crippen LogP contribution < -0.4 is 10.3 Å². The van der Waals surface area contributed by atoms with Crippen molar-refractivity contribution in [3.05, 3.63) is 100 Å². The highest BCUT2D eigenvalue weighted by atomic mass is 16.5. The van der Waals surface area contributed by atoms with Crippen LogP contribution in [0, 0.1) is 6.92 Å². The van der Waals surface area contributed by atoms with Crippen LogP contribution in [0.25, 0.3) is 16.9 Å². The first-order chi connectivity index (χ1) is 14.5. The van der Waals surface area contributed by atoms with Gasteiger partial charge in [-0.15, -0.1) is 0 Å². The van der Waals surface area contributed by atoms with Gasteiger partial charge in [0.15, 0.2) is 5.82 Å². The standard InChI is InChI=1S/C23H19N3O4/c1-15-11-17(7-9-20(15)30-14-16-5-3-2-4-6-16)19-13-25-26(22(19)27)21-10-8-18(12-24-21)23(28)29/h2-13,25H,14H2,1H3,(H,28,29). The van der Waals surface area contributed by atoms with Gasteiger partial charge >= 0.3 is 5.97 Å². The summed E-state index contributed by atoms with van der Waals surface area (Å²) in [5, 5.41) is 11.9. The van der Waals surface area contributed by atoms with Crippen LogP contribution in [-0.4, -0.2) is 25.8 Å². The molecule has 150 valence electrons. The van der Waals surface area contributed by atoms with Crippen molar-refractivity contribution in [2.75, 3.05) is 0 Å². The Labute approximate surface area is 172 Å². The molecule has 0 radical (unpaired) electrons. The summed E-state index contributed by atoms with van der Waals surface area (Å²) in [6.45, 7) is 2.40. The molecular formula is C23H19N3O4. The monoisotopic (exact) mass is 401 g/mol. The topological polar surface area (TPSA) is 97.2 Å². The van der Waals surface area contributed by atoms with E-state index in [0.29, 0.717) is 18.0 Å². The molecule has 0 spiro atoms. The molecule has 0 aliphatic rings. The van der Waals surface area contributed by atoms with E-state index in [-0.39, 0.29) is 11.1 Å². The van der Waals surface area contributed by atoms with Crippen LogP contribution in [0.1, 0.15) is 21.5 Å². The number of aryl methyl sites for hydroxylation is 1. The summed E-state index contributed by atoms with van der Waals surface area (Å²) < 4.78 is 7.17. The minimum absolute atomic E-state index is 0.0558. The molecule has 0 aliphatic heterocycles. The van der Waals surface area contributed by atoms with Crippen molar-refractivity contribution in [3.63, 3.8) is 0 Å². The molecule has 2 heterocycles. The summed E-state index contributed by atoms with van der Waals surface area (Å²) in [6, 6.07) is 18.4. The van der Waals surface area contributed by atoms with Crippen LogP contribution in [0.15, 0.2) is 77.9 Å². The lowest BCUT2D eigenvalue weighted by Gasteiger charge is -2.10. The fourth-order valence-electron chi connectivity index (χ4n) is 3.11. The number of ether oxygens (including phenoxy) is 1. The molecule has 0 amide bonds. The van der Waals surface area contributed by atoms with Crippen molar-refractivity contribution in [2.45, 2.75) is 13.5 Å². The predicted octanol–water partition coefficient (Wildman–Crippen LogP) is 3.81. The first-order valence-electron chi connectivity index (χ1n) is 9.31. The number of nitrogens with zero attached hydrogens (tertiary/aromatic N) is 2. The zero-order valence-electron chi connectivity index (χ0n) is 16.2. The Morgan fingerprint density at radius 3 is 2.60 bits per heavy atom. The third-order valence-corrected chi connectivity index (χ3v) is 4.72. The summed E-state index contributed by atoms with van der Waals surface area (Å²) in [6.07, 6.45) is 2.82. The largest absolute Gasteiger partial charge is 0.489 e. The molecule has 7 heteroatoms. The van der Waals surface area contributed by atoms with Gasteiger partial charge in [0.1, 0.15) is 12.4 Å². The fourth-order valence-corrected chi connectivity index (χ4v) is 3.11. The van der Waals surface area contributed by atoms with E-state index < -0.39 is 5.97 Å². The number of carboxylic acids is 1. The molecular weight excluding hydrogens is 382 g/mol. The van der Waals surface area contributed by atoms with Crippen LogP contribution in [0.2, 0.25) is 0 Å².